The molecule has 0 spiro atoms. The predicted molar refractivity (Wildman–Crippen MR) is 40.1 cm³/mol. The van der Waals surface area contributed by atoms with Crippen molar-refractivity contribution < 1.29 is 4.39 Å². The van der Waals surface area contributed by atoms with E-state index in [9.17, 15) is 4.39 Å². The number of rotatable bonds is 1. The number of halogens is 1. The molecule has 2 heteroatoms. The van der Waals surface area contributed by atoms with Crippen LogP contribution < -0.4 is 5.73 Å². The Labute approximate surface area is 60.4 Å². The van der Waals surface area contributed by atoms with E-state index in [0.717, 1.165) is 6.42 Å². The Morgan fingerprint density at radius 3 is 2.90 bits per heavy atom. The van der Waals surface area contributed by atoms with Crippen molar-refractivity contribution in [3.8, 4) is 0 Å². The monoisotopic (exact) mass is 141 g/mol. The van der Waals surface area contributed by atoms with E-state index in [1.165, 1.54) is 6.08 Å². The highest BCUT2D eigenvalue weighted by atomic mass is 19.1. The van der Waals surface area contributed by atoms with Gasteiger partial charge in [-0.3, -0.25) is 0 Å². The smallest absolute Gasteiger partial charge is 0.118 e. The Bertz CT molecular complexity index is 170. The Balaban J connectivity index is 2.52. The van der Waals surface area contributed by atoms with Gasteiger partial charge in [0.05, 0.1) is 0 Å². The van der Waals surface area contributed by atoms with Crippen molar-refractivity contribution in [2.75, 3.05) is 0 Å². The van der Waals surface area contributed by atoms with E-state index < -0.39 is 0 Å². The molecule has 2 N–H and O–H groups in total. The van der Waals surface area contributed by atoms with Gasteiger partial charge in [0.2, 0.25) is 0 Å². The van der Waals surface area contributed by atoms with E-state index in [0.29, 0.717) is 5.92 Å². The average Bonchev–Trinajstić information content (AvgIpc) is 1.88. The van der Waals surface area contributed by atoms with Gasteiger partial charge in [-0.25, -0.2) is 4.39 Å². The average molecular weight is 141 g/mol. The molecule has 56 valence electrons. The first-order valence-electron chi connectivity index (χ1n) is 3.49. The summed E-state index contributed by atoms with van der Waals surface area (Å²) in [5.74, 6) is 0.177. The minimum atomic E-state index is -0.142. The molecule has 0 aromatic heterocycles. The Kier molecular flexibility index (Phi) is 2.22. The first kappa shape index (κ1) is 7.48. The lowest BCUT2D eigenvalue weighted by molar-refractivity contribution is 0.521. The second-order valence-electron chi connectivity index (χ2n) is 2.71. The normalized spacial score (nSPS) is 27.9. The van der Waals surface area contributed by atoms with Crippen molar-refractivity contribution in [1.29, 1.82) is 0 Å². The van der Waals surface area contributed by atoms with Crippen LogP contribution in [0.25, 0.3) is 0 Å². The summed E-state index contributed by atoms with van der Waals surface area (Å²) in [7, 11) is 0. The third-order valence-corrected chi connectivity index (χ3v) is 1.76. The molecule has 0 radical (unpaired) electrons. The van der Waals surface area contributed by atoms with Gasteiger partial charge < -0.3 is 5.73 Å². The Morgan fingerprint density at radius 1 is 1.80 bits per heavy atom. The molecule has 0 aliphatic heterocycles. The highest BCUT2D eigenvalue weighted by Gasteiger charge is 2.11. The fraction of sp³-hybridized carbons (Fsp3) is 0.500. The molecule has 1 rings (SSSR count). The maximum absolute atomic E-state index is 12.4. The molecule has 0 amide bonds. The highest BCUT2D eigenvalue weighted by Crippen LogP contribution is 2.18. The molecule has 1 aliphatic rings. The van der Waals surface area contributed by atoms with Crippen LogP contribution >= 0.6 is 0 Å². The third-order valence-electron chi connectivity index (χ3n) is 1.76. The van der Waals surface area contributed by atoms with Crippen LogP contribution in [0.4, 0.5) is 4.39 Å². The summed E-state index contributed by atoms with van der Waals surface area (Å²) in [6, 6.07) is 0.126. The number of hydrogen-bond acceptors (Lipinski definition) is 1. The van der Waals surface area contributed by atoms with Crippen LogP contribution in [0.5, 0.6) is 0 Å². The summed E-state index contributed by atoms with van der Waals surface area (Å²) in [5, 5.41) is 0. The summed E-state index contributed by atoms with van der Waals surface area (Å²) in [6.07, 6.45) is 5.63. The van der Waals surface area contributed by atoms with Gasteiger partial charge in [0.1, 0.15) is 5.83 Å². The van der Waals surface area contributed by atoms with E-state index in [2.05, 4.69) is 0 Å². The molecule has 0 saturated heterocycles. The number of allylic oxidation sites excluding steroid dienone is 3. The molecule has 1 aliphatic carbocycles. The van der Waals surface area contributed by atoms with Crippen molar-refractivity contribution in [3.63, 3.8) is 0 Å². The summed E-state index contributed by atoms with van der Waals surface area (Å²) in [4.78, 5) is 0. The molecular formula is C8H12FN. The molecule has 1 unspecified atom stereocenters. The van der Waals surface area contributed by atoms with E-state index in [1.807, 2.05) is 13.0 Å². The molecule has 10 heavy (non-hydrogen) atoms. The number of nitrogens with two attached hydrogens (primary N) is 1. The van der Waals surface area contributed by atoms with Gasteiger partial charge in [-0.1, -0.05) is 6.08 Å². The standard InChI is InChI=1S/C8H12FN/c1-6(10)7-2-4-8(9)5-3-7/h2,4-7H,3,10H2,1H3/t6-,7?/m1/s1. The maximum Gasteiger partial charge on any atom is 0.118 e. The van der Waals surface area contributed by atoms with E-state index in [-0.39, 0.29) is 11.9 Å². The lowest BCUT2D eigenvalue weighted by Crippen LogP contribution is -2.25. The number of hydrogen-bond donors (Lipinski definition) is 1. The summed E-state index contributed by atoms with van der Waals surface area (Å²) in [5.41, 5.74) is 5.61. The van der Waals surface area contributed by atoms with Crippen LogP contribution in [0.2, 0.25) is 0 Å². The zero-order valence-electron chi connectivity index (χ0n) is 6.05. The lowest BCUT2D eigenvalue weighted by Gasteiger charge is -2.16. The van der Waals surface area contributed by atoms with Gasteiger partial charge in [-0.15, -0.1) is 0 Å². The SMILES string of the molecule is C[C@@H](N)C1C=CC(F)=CC1. The van der Waals surface area contributed by atoms with Crippen LogP contribution in [0, 0.1) is 5.92 Å². The van der Waals surface area contributed by atoms with E-state index >= 15 is 0 Å². The van der Waals surface area contributed by atoms with Gasteiger partial charge in [-0.05, 0) is 31.4 Å². The van der Waals surface area contributed by atoms with Gasteiger partial charge >= 0.3 is 0 Å². The second kappa shape index (κ2) is 2.97. The zero-order chi connectivity index (χ0) is 7.56. The maximum atomic E-state index is 12.4. The Morgan fingerprint density at radius 2 is 2.50 bits per heavy atom. The topological polar surface area (TPSA) is 26.0 Å². The molecular weight excluding hydrogens is 129 g/mol. The van der Waals surface area contributed by atoms with Crippen LogP contribution in [0.15, 0.2) is 24.1 Å². The zero-order valence-corrected chi connectivity index (χ0v) is 6.05. The molecule has 0 fully saturated rings. The molecule has 0 aromatic carbocycles. The van der Waals surface area contributed by atoms with Crippen LogP contribution in [-0.2, 0) is 0 Å². The van der Waals surface area contributed by atoms with Crippen molar-refractivity contribution >= 4 is 0 Å². The molecule has 0 aromatic rings. The third kappa shape index (κ3) is 1.67. The first-order chi connectivity index (χ1) is 4.70. The minimum Gasteiger partial charge on any atom is -0.327 e. The molecule has 0 heterocycles. The first-order valence-corrected chi connectivity index (χ1v) is 3.49. The van der Waals surface area contributed by atoms with Crippen molar-refractivity contribution in [2.24, 2.45) is 11.7 Å². The van der Waals surface area contributed by atoms with Gasteiger partial charge in [0.25, 0.3) is 0 Å². The fourth-order valence-electron chi connectivity index (χ4n) is 1.00. The van der Waals surface area contributed by atoms with Crippen molar-refractivity contribution in [2.45, 2.75) is 19.4 Å². The summed E-state index contributed by atoms with van der Waals surface area (Å²) >= 11 is 0. The van der Waals surface area contributed by atoms with Gasteiger partial charge in [-0.2, -0.15) is 0 Å². The van der Waals surface area contributed by atoms with Crippen molar-refractivity contribution in [1.82, 2.24) is 0 Å². The highest BCUT2D eigenvalue weighted by molar-refractivity contribution is 5.18. The molecule has 0 saturated carbocycles. The second-order valence-corrected chi connectivity index (χ2v) is 2.71. The Hall–Kier alpha value is -0.630. The van der Waals surface area contributed by atoms with E-state index in [1.54, 1.807) is 6.08 Å². The van der Waals surface area contributed by atoms with E-state index in [4.69, 9.17) is 5.73 Å². The van der Waals surface area contributed by atoms with Crippen molar-refractivity contribution in [3.05, 3.63) is 24.1 Å². The quantitative estimate of drug-likeness (QED) is 0.591. The summed E-state index contributed by atoms with van der Waals surface area (Å²) in [6.45, 7) is 1.94. The lowest BCUT2D eigenvalue weighted by atomic mass is 9.94. The summed E-state index contributed by atoms with van der Waals surface area (Å²) < 4.78 is 12.4. The minimum absolute atomic E-state index is 0.126. The van der Waals surface area contributed by atoms with Crippen LogP contribution in [-0.4, -0.2) is 6.04 Å². The van der Waals surface area contributed by atoms with Crippen LogP contribution in [0.1, 0.15) is 13.3 Å². The van der Waals surface area contributed by atoms with Crippen LogP contribution in [0.3, 0.4) is 0 Å². The molecule has 0 bridgehead atoms. The largest absolute Gasteiger partial charge is 0.327 e. The van der Waals surface area contributed by atoms with Gasteiger partial charge in [0.15, 0.2) is 0 Å². The predicted octanol–water partition coefficient (Wildman–Crippen LogP) is 1.76. The van der Waals surface area contributed by atoms with Gasteiger partial charge in [0, 0.05) is 6.04 Å². The molecule has 2 atom stereocenters. The fourth-order valence-corrected chi connectivity index (χ4v) is 1.00. The molecule has 1 nitrogen and oxygen atoms in total.